The maximum Gasteiger partial charge on any atom is 0.254 e. The quantitative estimate of drug-likeness (QED) is 0.252. The largest absolute Gasteiger partial charge is 0.378 e. The van der Waals surface area contributed by atoms with E-state index in [0.717, 1.165) is 27.3 Å². The van der Waals surface area contributed by atoms with Gasteiger partial charge < -0.3 is 9.64 Å². The molecular formula is C35H27N3O4. The van der Waals surface area contributed by atoms with Crippen molar-refractivity contribution < 1.29 is 19.1 Å². The molecule has 1 saturated heterocycles. The first-order valence-corrected chi connectivity index (χ1v) is 14.0. The summed E-state index contributed by atoms with van der Waals surface area (Å²) in [4.78, 5) is 47.9. The van der Waals surface area contributed by atoms with Gasteiger partial charge in [-0.25, -0.2) is 4.98 Å². The zero-order valence-corrected chi connectivity index (χ0v) is 23.0. The third kappa shape index (κ3) is 4.26. The molecule has 0 bridgehead atoms. The number of ketones is 1. The van der Waals surface area contributed by atoms with Gasteiger partial charge in [0.05, 0.1) is 35.8 Å². The number of hydrogen-bond donors (Lipinski definition) is 0. The van der Waals surface area contributed by atoms with Crippen molar-refractivity contribution in [2.24, 2.45) is 0 Å². The fourth-order valence-electron chi connectivity index (χ4n) is 5.99. The first-order chi connectivity index (χ1) is 20.5. The van der Waals surface area contributed by atoms with Crippen LogP contribution in [0.4, 0.5) is 5.69 Å². The number of anilines is 1. The standard InChI is InChI=1S/C35H27N3O4/c1-22(39)38-31-12-5-4-10-28(31)34(40)32(38)21-24-13-14-27-30(36-24)16-15-29(35(41)37-17-19-42-20-18-37)33(27)26-11-6-8-23-7-2-3-9-25(23)26/h2-16,21H,17-20H2,1H3/b32-21-. The van der Waals surface area contributed by atoms with Gasteiger partial charge in [0.2, 0.25) is 11.7 Å². The molecule has 0 radical (unpaired) electrons. The number of rotatable bonds is 3. The maximum absolute atomic E-state index is 13.9. The first kappa shape index (κ1) is 25.8. The minimum atomic E-state index is -0.246. The van der Waals surface area contributed by atoms with Crippen LogP contribution in [0.15, 0.2) is 96.7 Å². The number of para-hydroxylation sites is 1. The fourth-order valence-corrected chi connectivity index (χ4v) is 5.99. The predicted octanol–water partition coefficient (Wildman–Crippen LogP) is 6.12. The number of nitrogens with zero attached hydrogens (tertiary/aromatic N) is 3. The van der Waals surface area contributed by atoms with Crippen LogP contribution >= 0.6 is 0 Å². The van der Waals surface area contributed by atoms with Crippen LogP contribution in [0, 0.1) is 0 Å². The van der Waals surface area contributed by atoms with Crippen molar-refractivity contribution in [1.82, 2.24) is 9.88 Å². The third-order valence-corrected chi connectivity index (χ3v) is 7.94. The molecule has 1 aromatic heterocycles. The number of pyridine rings is 1. The molecule has 3 heterocycles. The van der Waals surface area contributed by atoms with Crippen LogP contribution in [0.25, 0.3) is 38.9 Å². The van der Waals surface area contributed by atoms with E-state index in [1.54, 1.807) is 24.3 Å². The molecule has 2 aliphatic rings. The fraction of sp³-hybridized carbons (Fsp3) is 0.143. The van der Waals surface area contributed by atoms with Crippen LogP contribution in [0.1, 0.15) is 33.3 Å². The van der Waals surface area contributed by atoms with E-state index in [-0.39, 0.29) is 23.3 Å². The van der Waals surface area contributed by atoms with Crippen LogP contribution in [0.5, 0.6) is 0 Å². The molecule has 7 rings (SSSR count). The van der Waals surface area contributed by atoms with Crippen LogP contribution < -0.4 is 4.90 Å². The Hall–Kier alpha value is -5.14. The predicted molar refractivity (Wildman–Crippen MR) is 163 cm³/mol. The number of amides is 2. The van der Waals surface area contributed by atoms with Crippen molar-refractivity contribution in [2.45, 2.75) is 6.92 Å². The Kier molecular flexibility index (Phi) is 6.36. The summed E-state index contributed by atoms with van der Waals surface area (Å²) in [6.07, 6.45) is 1.66. The summed E-state index contributed by atoms with van der Waals surface area (Å²) in [5, 5.41) is 2.95. The summed E-state index contributed by atoms with van der Waals surface area (Å²) in [6.45, 7) is 3.56. The number of Topliss-reactive ketones (excluding diaryl/α,β-unsaturated/α-hetero) is 1. The number of allylic oxidation sites excluding steroid dienone is 1. The van der Waals surface area contributed by atoms with Gasteiger partial charge in [-0.3, -0.25) is 19.3 Å². The van der Waals surface area contributed by atoms with Gasteiger partial charge in [-0.2, -0.15) is 0 Å². The Morgan fingerprint density at radius 3 is 2.38 bits per heavy atom. The molecule has 42 heavy (non-hydrogen) atoms. The zero-order chi connectivity index (χ0) is 28.8. The van der Waals surface area contributed by atoms with Gasteiger partial charge in [-0.1, -0.05) is 60.7 Å². The van der Waals surface area contributed by atoms with Crippen molar-refractivity contribution in [3.05, 3.63) is 114 Å². The lowest BCUT2D eigenvalue weighted by molar-refractivity contribution is -0.116. The first-order valence-electron chi connectivity index (χ1n) is 14.0. The Labute approximate surface area is 242 Å². The van der Waals surface area contributed by atoms with Gasteiger partial charge >= 0.3 is 0 Å². The molecule has 7 nitrogen and oxygen atoms in total. The van der Waals surface area contributed by atoms with E-state index < -0.39 is 0 Å². The molecule has 0 spiro atoms. The highest BCUT2D eigenvalue weighted by molar-refractivity contribution is 6.26. The van der Waals surface area contributed by atoms with E-state index in [1.807, 2.05) is 59.5 Å². The number of carbonyl (C=O) groups is 3. The third-order valence-electron chi connectivity index (χ3n) is 7.94. The van der Waals surface area contributed by atoms with Crippen molar-refractivity contribution >= 4 is 51.0 Å². The lowest BCUT2D eigenvalue weighted by atomic mass is 9.90. The minimum Gasteiger partial charge on any atom is -0.378 e. The lowest BCUT2D eigenvalue weighted by Gasteiger charge is -2.28. The Morgan fingerprint density at radius 1 is 0.810 bits per heavy atom. The van der Waals surface area contributed by atoms with E-state index in [2.05, 4.69) is 18.2 Å². The van der Waals surface area contributed by atoms with Gasteiger partial charge in [0.1, 0.15) is 0 Å². The van der Waals surface area contributed by atoms with E-state index in [1.165, 1.54) is 11.8 Å². The number of fused-ring (bicyclic) bond motifs is 3. The second kappa shape index (κ2) is 10.4. The monoisotopic (exact) mass is 553 g/mol. The van der Waals surface area contributed by atoms with E-state index in [4.69, 9.17) is 9.72 Å². The molecule has 1 fully saturated rings. The number of aromatic nitrogens is 1. The molecule has 2 amide bonds. The highest BCUT2D eigenvalue weighted by Crippen LogP contribution is 2.38. The second-order valence-corrected chi connectivity index (χ2v) is 10.5. The summed E-state index contributed by atoms with van der Waals surface area (Å²) in [5.41, 5.74) is 4.94. The van der Waals surface area contributed by atoms with Crippen molar-refractivity contribution in [3.8, 4) is 11.1 Å². The van der Waals surface area contributed by atoms with Crippen molar-refractivity contribution in [3.63, 3.8) is 0 Å². The molecule has 206 valence electrons. The van der Waals surface area contributed by atoms with E-state index >= 15 is 0 Å². The van der Waals surface area contributed by atoms with Crippen molar-refractivity contribution in [2.75, 3.05) is 31.2 Å². The molecule has 7 heteroatoms. The normalized spacial score (nSPS) is 15.9. The summed E-state index contributed by atoms with van der Waals surface area (Å²) in [5.74, 6) is -0.504. The van der Waals surface area contributed by atoms with Gasteiger partial charge in [0, 0.05) is 42.1 Å². The molecule has 0 aliphatic carbocycles. The average molecular weight is 554 g/mol. The van der Waals surface area contributed by atoms with Crippen molar-refractivity contribution in [1.29, 1.82) is 0 Å². The average Bonchev–Trinajstić information content (AvgIpc) is 3.31. The molecule has 0 N–H and O–H groups in total. The number of morpholine rings is 1. The summed E-state index contributed by atoms with van der Waals surface area (Å²) < 4.78 is 5.49. The zero-order valence-electron chi connectivity index (χ0n) is 23.0. The topological polar surface area (TPSA) is 79.8 Å². The molecular weight excluding hydrogens is 526 g/mol. The van der Waals surface area contributed by atoms with Crippen LogP contribution in [0.3, 0.4) is 0 Å². The van der Waals surface area contributed by atoms with Crippen LogP contribution in [-0.4, -0.2) is 53.8 Å². The molecule has 0 unspecified atom stereocenters. The molecule has 0 atom stereocenters. The van der Waals surface area contributed by atoms with E-state index in [0.29, 0.717) is 54.3 Å². The van der Waals surface area contributed by atoms with Crippen LogP contribution in [-0.2, 0) is 9.53 Å². The molecule has 0 saturated carbocycles. The summed E-state index contributed by atoms with van der Waals surface area (Å²) in [7, 11) is 0. The summed E-state index contributed by atoms with van der Waals surface area (Å²) >= 11 is 0. The molecule has 5 aromatic rings. The number of carbonyl (C=O) groups excluding carboxylic acids is 3. The SMILES string of the molecule is CC(=O)N1/C(=C\c2ccc3c(-c4cccc5ccccc45)c(C(=O)N4CCOCC4)ccc3n2)C(=O)c2ccccc21. The van der Waals surface area contributed by atoms with Crippen LogP contribution in [0.2, 0.25) is 0 Å². The Bertz CT molecular complexity index is 1950. The van der Waals surface area contributed by atoms with Gasteiger partial charge in [-0.05, 0) is 52.7 Å². The number of ether oxygens (including phenoxy) is 1. The smallest absolute Gasteiger partial charge is 0.254 e. The van der Waals surface area contributed by atoms with Gasteiger partial charge in [-0.15, -0.1) is 0 Å². The minimum absolute atomic E-state index is 0.0410. The Balaban J connectivity index is 1.40. The summed E-state index contributed by atoms with van der Waals surface area (Å²) in [6, 6.07) is 28.8. The Morgan fingerprint density at radius 2 is 1.55 bits per heavy atom. The number of hydrogen-bond acceptors (Lipinski definition) is 5. The second-order valence-electron chi connectivity index (χ2n) is 10.5. The maximum atomic E-state index is 13.9. The lowest BCUT2D eigenvalue weighted by Crippen LogP contribution is -2.40. The van der Waals surface area contributed by atoms with E-state index in [9.17, 15) is 14.4 Å². The highest BCUT2D eigenvalue weighted by Gasteiger charge is 2.34. The van der Waals surface area contributed by atoms with Gasteiger partial charge in [0.25, 0.3) is 5.91 Å². The molecule has 2 aliphatic heterocycles. The molecule has 4 aromatic carbocycles. The highest BCUT2D eigenvalue weighted by atomic mass is 16.5. The number of benzene rings is 4. The van der Waals surface area contributed by atoms with Gasteiger partial charge in [0.15, 0.2) is 0 Å².